The number of benzene rings is 4. The second kappa shape index (κ2) is 27.3. The van der Waals surface area contributed by atoms with Crippen LogP contribution in [-0.4, -0.2) is 113 Å². The van der Waals surface area contributed by atoms with E-state index in [0.29, 0.717) is 61.3 Å². The van der Waals surface area contributed by atoms with Crippen molar-refractivity contribution in [3.63, 3.8) is 0 Å². The number of hydrogen-bond acceptors (Lipinski definition) is 14. The van der Waals surface area contributed by atoms with Crippen LogP contribution in [0.5, 0.6) is 0 Å². The number of ether oxygens (including phenoxy) is 3. The zero-order chi connectivity index (χ0) is 56.2. The summed E-state index contributed by atoms with van der Waals surface area (Å²) in [4.78, 5) is 38.2. The number of hydrogen-bond donors (Lipinski definition) is 2. The maximum atomic E-state index is 12.6. The van der Waals surface area contributed by atoms with Gasteiger partial charge in [0.1, 0.15) is 0 Å². The molecule has 0 radical (unpaired) electrons. The first kappa shape index (κ1) is 59.6. The van der Waals surface area contributed by atoms with Crippen LogP contribution in [0.2, 0.25) is 10.0 Å². The smallest absolute Gasteiger partial charge is 0.314 e. The summed E-state index contributed by atoms with van der Waals surface area (Å²) in [5.74, 6) is 2.23. The van der Waals surface area contributed by atoms with Gasteiger partial charge in [0.2, 0.25) is 11.6 Å². The Hall–Kier alpha value is -5.52. The summed E-state index contributed by atoms with van der Waals surface area (Å²) < 4.78 is 27.0. The van der Waals surface area contributed by atoms with Gasteiger partial charge < -0.3 is 34.1 Å². The number of nitrogens with zero attached hydrogens (tertiary/aromatic N) is 6. The molecule has 0 atom stereocenters. The summed E-state index contributed by atoms with van der Waals surface area (Å²) >= 11 is 13.2. The Bertz CT molecular complexity index is 2900. The number of nitrogens with two attached hydrogens (primary N) is 1. The first-order valence-corrected chi connectivity index (χ1v) is 28.8. The Kier molecular flexibility index (Phi) is 20.6. The number of piperidine rings is 2. The third-order valence-electron chi connectivity index (χ3n) is 15.8. The third-order valence-corrected chi connectivity index (χ3v) is 16.5. The van der Waals surface area contributed by atoms with Gasteiger partial charge in [-0.1, -0.05) is 120 Å². The van der Waals surface area contributed by atoms with Gasteiger partial charge in [-0.25, -0.2) is 0 Å². The molecule has 0 bridgehead atoms. The molecule has 15 nitrogen and oxygen atoms in total. The Morgan fingerprint density at radius 3 is 1.35 bits per heavy atom. The second-order valence-corrected chi connectivity index (χ2v) is 23.9. The first-order valence-electron chi connectivity index (χ1n) is 28.1. The molecule has 4 fully saturated rings. The Morgan fingerprint density at radius 2 is 1.00 bits per heavy atom. The number of aliphatic carboxylic acids is 1. The van der Waals surface area contributed by atoms with Crippen LogP contribution in [0.15, 0.2) is 94.0 Å². The molecule has 17 heteroatoms. The quantitative estimate of drug-likeness (QED) is 0.0819. The number of aromatic nitrogens is 4. The molecular weight excluding hydrogens is 1040 g/mol. The Labute approximate surface area is 475 Å². The van der Waals surface area contributed by atoms with Crippen LogP contribution in [0.4, 0.5) is 0 Å². The predicted octanol–water partition coefficient (Wildman–Crippen LogP) is 13.3. The lowest BCUT2D eigenvalue weighted by molar-refractivity contribution is -0.163. The fraction of sp³-hybridized carbons (Fsp3) is 0.516. The van der Waals surface area contributed by atoms with Crippen molar-refractivity contribution < 1.29 is 38.0 Å². The van der Waals surface area contributed by atoms with E-state index in [1.54, 1.807) is 14.2 Å². The van der Waals surface area contributed by atoms with Crippen molar-refractivity contribution in [2.45, 2.75) is 135 Å². The SMILES string of the molecule is CC(C)(C)N.CCOC(=O)C1(COC)CCN(Cc2ccc(-c3noc(-c4ccc(C5CCCC5)c(Cl)c4)n3)cc2)CC1.COCC1(C(=O)O)CCN(Cc2ccc(-c3noc(-c4ccc(C5CCCC5)c(Cl)c4)n3)cc2)CC1. The maximum absolute atomic E-state index is 12.6. The third kappa shape index (κ3) is 15.7. The van der Waals surface area contributed by atoms with Gasteiger partial charge in [-0.2, -0.15) is 9.97 Å². The van der Waals surface area contributed by atoms with Crippen LogP contribution in [0, 0.1) is 10.8 Å². The van der Waals surface area contributed by atoms with E-state index >= 15 is 0 Å². The van der Waals surface area contributed by atoms with Gasteiger partial charge in [0.05, 0.1) is 30.7 Å². The zero-order valence-electron chi connectivity index (χ0n) is 46.9. The molecule has 6 aromatic rings. The van der Waals surface area contributed by atoms with E-state index in [9.17, 15) is 14.7 Å². The number of esters is 1. The largest absolute Gasteiger partial charge is 0.481 e. The molecule has 0 spiro atoms. The highest BCUT2D eigenvalue weighted by atomic mass is 35.5. The van der Waals surface area contributed by atoms with Crippen LogP contribution < -0.4 is 5.73 Å². The molecule has 2 saturated heterocycles. The lowest BCUT2D eigenvalue weighted by Gasteiger charge is -2.39. The van der Waals surface area contributed by atoms with Crippen molar-refractivity contribution in [2.24, 2.45) is 16.6 Å². The summed E-state index contributed by atoms with van der Waals surface area (Å²) in [5.41, 5.74) is 12.3. The van der Waals surface area contributed by atoms with E-state index in [2.05, 4.69) is 66.5 Å². The number of carboxylic acids is 1. The molecule has 0 amide bonds. The molecule has 79 heavy (non-hydrogen) atoms. The number of halogens is 2. The van der Waals surface area contributed by atoms with Crippen LogP contribution in [-0.2, 0) is 36.9 Å². The molecule has 10 rings (SSSR count). The predicted molar refractivity (Wildman–Crippen MR) is 309 cm³/mol. The molecule has 2 aliphatic carbocycles. The lowest BCUT2D eigenvalue weighted by atomic mass is 9.79. The van der Waals surface area contributed by atoms with Gasteiger partial charge in [-0.3, -0.25) is 19.4 Å². The van der Waals surface area contributed by atoms with Crippen LogP contribution in [0.3, 0.4) is 0 Å². The summed E-state index contributed by atoms with van der Waals surface area (Å²) in [6.45, 7) is 13.5. The molecule has 4 aromatic carbocycles. The van der Waals surface area contributed by atoms with E-state index in [1.165, 1.54) is 68.1 Å². The van der Waals surface area contributed by atoms with Crippen molar-refractivity contribution >= 4 is 35.1 Å². The summed E-state index contributed by atoms with van der Waals surface area (Å²) in [7, 11) is 3.21. The number of rotatable bonds is 17. The average molecular weight is 1120 g/mol. The van der Waals surface area contributed by atoms with Crippen molar-refractivity contribution in [3.8, 4) is 45.7 Å². The highest BCUT2D eigenvalue weighted by Gasteiger charge is 2.43. The topological polar surface area (TPSA) is 192 Å². The molecule has 2 saturated carbocycles. The molecule has 3 N–H and O–H groups in total. The first-order chi connectivity index (χ1) is 38.0. The fourth-order valence-electron chi connectivity index (χ4n) is 11.3. The van der Waals surface area contributed by atoms with E-state index in [-0.39, 0.29) is 18.1 Å². The fourth-order valence-corrected chi connectivity index (χ4v) is 12.0. The normalized spacial score (nSPS) is 17.9. The van der Waals surface area contributed by atoms with Crippen LogP contribution >= 0.6 is 23.2 Å². The highest BCUT2D eigenvalue weighted by molar-refractivity contribution is 6.32. The monoisotopic (exact) mass is 1120 g/mol. The summed E-state index contributed by atoms with van der Waals surface area (Å²) in [6, 6.07) is 28.5. The number of carboxylic acid groups (broad SMARTS) is 1. The standard InChI is InChI=1S/C30H36ClN3O4.C28H32ClN3O4.C4H11N/c1-3-37-29(35)30(20-36-2)14-16-34(17-15-30)19-21-8-10-23(11-9-21)27-32-28(38-33-27)24-12-13-25(26(31)18-24)22-6-4-5-7-22;1-35-18-28(27(33)34)12-14-32(15-13-28)17-19-6-8-21(9-7-19)25-30-26(36-31-25)22-10-11-23(24(29)16-22)20-4-2-3-5-20;1-4(2,3)5/h8-13,18,22H,3-7,14-17,19-20H2,1-2H3;6-11,16,20H,2-5,12-15,17-18H2,1H3,(H,33,34);5H2,1-3H3. The number of likely N-dealkylation sites (tertiary alicyclic amines) is 2. The minimum absolute atomic E-state index is 0. The number of carbonyl (C=O) groups is 2. The molecule has 4 aliphatic rings. The minimum atomic E-state index is -0.771. The molecule has 0 unspecified atom stereocenters. The van der Waals surface area contributed by atoms with Gasteiger partial charge >= 0.3 is 11.9 Å². The minimum Gasteiger partial charge on any atom is -0.481 e. The van der Waals surface area contributed by atoms with Gasteiger partial charge in [-0.05, 0) is 164 Å². The van der Waals surface area contributed by atoms with Gasteiger partial charge in [-0.15, -0.1) is 0 Å². The highest BCUT2D eigenvalue weighted by Crippen LogP contribution is 2.41. The Morgan fingerprint density at radius 1 is 0.633 bits per heavy atom. The lowest BCUT2D eigenvalue weighted by Crippen LogP contribution is -2.47. The van der Waals surface area contributed by atoms with Crippen molar-refractivity contribution in [1.29, 1.82) is 0 Å². The average Bonchev–Trinajstić information content (AvgIpc) is 4.37. The van der Waals surface area contributed by atoms with Crippen LogP contribution in [0.25, 0.3) is 45.7 Å². The molecule has 2 aliphatic heterocycles. The summed E-state index contributed by atoms with van der Waals surface area (Å²) in [5, 5.41) is 19.6. The van der Waals surface area contributed by atoms with E-state index in [0.717, 1.165) is 90.0 Å². The molecule has 2 aromatic heterocycles. The van der Waals surface area contributed by atoms with E-state index in [1.807, 2.05) is 76.2 Å². The Balaban J connectivity index is 0.000000192. The molecule has 4 heterocycles. The van der Waals surface area contributed by atoms with Crippen molar-refractivity contribution in [3.05, 3.63) is 117 Å². The second-order valence-electron chi connectivity index (χ2n) is 23.0. The van der Waals surface area contributed by atoms with Crippen molar-refractivity contribution in [2.75, 3.05) is 60.2 Å². The van der Waals surface area contributed by atoms with Gasteiger partial charge in [0.25, 0.3) is 11.8 Å². The van der Waals surface area contributed by atoms with Gasteiger partial charge in [0, 0.05) is 65.1 Å². The molecule has 424 valence electrons. The number of carbonyl (C=O) groups excluding carboxylic acids is 1. The number of methoxy groups -OCH3 is 2. The maximum Gasteiger partial charge on any atom is 0.314 e. The van der Waals surface area contributed by atoms with E-state index in [4.69, 9.17) is 52.2 Å². The zero-order valence-corrected chi connectivity index (χ0v) is 48.4. The van der Waals surface area contributed by atoms with Gasteiger partial charge in [0.15, 0.2) is 0 Å². The summed E-state index contributed by atoms with van der Waals surface area (Å²) in [6.07, 6.45) is 12.6. The van der Waals surface area contributed by atoms with E-state index < -0.39 is 16.8 Å². The van der Waals surface area contributed by atoms with Crippen LogP contribution in [0.1, 0.15) is 139 Å². The molecular formula is C62H79Cl2N7O8. The van der Waals surface area contributed by atoms with Crippen molar-refractivity contribution in [1.82, 2.24) is 30.1 Å².